The Labute approximate surface area is 106 Å². The Morgan fingerprint density at radius 1 is 1.25 bits per heavy atom. The summed E-state index contributed by atoms with van der Waals surface area (Å²) in [6.45, 7) is 6.90. The summed E-state index contributed by atoms with van der Waals surface area (Å²) < 4.78 is 1.16. The maximum atomic E-state index is 3.47. The fraction of sp³-hybridized carbons (Fsp3) is 0.538. The lowest BCUT2D eigenvalue weighted by Crippen LogP contribution is -2.49. The summed E-state index contributed by atoms with van der Waals surface area (Å²) in [4.78, 5) is 4.96. The molecule has 0 amide bonds. The molecule has 3 heteroatoms. The third-order valence-corrected chi connectivity index (χ3v) is 3.89. The molecule has 0 aromatic heterocycles. The van der Waals surface area contributed by atoms with Crippen LogP contribution >= 0.6 is 15.9 Å². The third-order valence-electron chi connectivity index (χ3n) is 3.36. The molecule has 1 saturated heterocycles. The van der Waals surface area contributed by atoms with E-state index >= 15 is 0 Å². The normalized spacial score (nSPS) is 23.6. The van der Waals surface area contributed by atoms with E-state index in [2.05, 4.69) is 64.0 Å². The van der Waals surface area contributed by atoms with Crippen LogP contribution in [0.5, 0.6) is 0 Å². The fourth-order valence-electron chi connectivity index (χ4n) is 2.12. The number of benzene rings is 1. The van der Waals surface area contributed by atoms with Crippen molar-refractivity contribution in [2.45, 2.75) is 19.5 Å². The molecular weight excluding hydrogens is 264 g/mol. The summed E-state index contributed by atoms with van der Waals surface area (Å²) in [5, 5.41) is 0. The van der Waals surface area contributed by atoms with Crippen molar-refractivity contribution in [3.8, 4) is 0 Å². The van der Waals surface area contributed by atoms with Crippen LogP contribution in [0.4, 0.5) is 0 Å². The van der Waals surface area contributed by atoms with Gasteiger partial charge in [-0.25, -0.2) is 0 Å². The van der Waals surface area contributed by atoms with E-state index in [1.807, 2.05) is 0 Å². The smallest absolute Gasteiger partial charge is 0.0234 e. The minimum atomic E-state index is 0.671. The molecule has 1 fully saturated rings. The van der Waals surface area contributed by atoms with E-state index in [0.29, 0.717) is 6.04 Å². The molecule has 2 rings (SSSR count). The molecule has 0 aliphatic carbocycles. The highest BCUT2D eigenvalue weighted by Gasteiger charge is 2.20. The van der Waals surface area contributed by atoms with Crippen molar-refractivity contribution in [2.24, 2.45) is 0 Å². The lowest BCUT2D eigenvalue weighted by atomic mass is 10.1. The lowest BCUT2D eigenvalue weighted by molar-refractivity contribution is 0.1000. The van der Waals surface area contributed by atoms with Gasteiger partial charge in [-0.05, 0) is 31.7 Å². The molecule has 0 N–H and O–H groups in total. The van der Waals surface area contributed by atoms with Gasteiger partial charge in [-0.15, -0.1) is 0 Å². The van der Waals surface area contributed by atoms with E-state index in [1.54, 1.807) is 0 Å². The van der Waals surface area contributed by atoms with Gasteiger partial charge in [0.15, 0.2) is 0 Å². The Kier molecular flexibility index (Phi) is 4.00. The zero-order valence-electron chi connectivity index (χ0n) is 9.99. The number of hydrogen-bond donors (Lipinski definition) is 0. The molecule has 0 saturated carbocycles. The molecule has 1 aromatic carbocycles. The first-order chi connectivity index (χ1) is 7.65. The first-order valence-electron chi connectivity index (χ1n) is 5.82. The Morgan fingerprint density at radius 3 is 2.56 bits per heavy atom. The lowest BCUT2D eigenvalue weighted by Gasteiger charge is -2.37. The van der Waals surface area contributed by atoms with Crippen LogP contribution in [0.15, 0.2) is 28.7 Å². The van der Waals surface area contributed by atoms with Gasteiger partial charge in [0.1, 0.15) is 0 Å². The maximum Gasteiger partial charge on any atom is 0.0234 e. The zero-order chi connectivity index (χ0) is 11.5. The number of likely N-dealkylation sites (N-methyl/N-ethyl adjacent to an activating group) is 1. The van der Waals surface area contributed by atoms with Gasteiger partial charge in [0, 0.05) is 36.7 Å². The summed E-state index contributed by atoms with van der Waals surface area (Å²) >= 11 is 3.47. The minimum absolute atomic E-state index is 0.671. The molecule has 16 heavy (non-hydrogen) atoms. The Hall–Kier alpha value is -0.380. The van der Waals surface area contributed by atoms with Gasteiger partial charge >= 0.3 is 0 Å². The van der Waals surface area contributed by atoms with Crippen LogP contribution in [-0.4, -0.2) is 42.5 Å². The van der Waals surface area contributed by atoms with Crippen LogP contribution in [0.2, 0.25) is 0 Å². The number of halogens is 1. The quantitative estimate of drug-likeness (QED) is 0.823. The number of nitrogens with zero attached hydrogens (tertiary/aromatic N) is 2. The Balaban J connectivity index is 1.93. The van der Waals surface area contributed by atoms with Crippen LogP contribution in [0.1, 0.15) is 12.5 Å². The molecule has 0 radical (unpaired) electrons. The highest BCUT2D eigenvalue weighted by atomic mass is 79.9. The second kappa shape index (κ2) is 5.30. The Morgan fingerprint density at radius 2 is 1.94 bits per heavy atom. The van der Waals surface area contributed by atoms with Gasteiger partial charge in [0.05, 0.1) is 0 Å². The van der Waals surface area contributed by atoms with Crippen molar-refractivity contribution in [2.75, 3.05) is 26.7 Å². The number of piperazine rings is 1. The molecule has 0 bridgehead atoms. The average molecular weight is 283 g/mol. The largest absolute Gasteiger partial charge is 0.301 e. The van der Waals surface area contributed by atoms with Crippen molar-refractivity contribution in [1.29, 1.82) is 0 Å². The fourth-order valence-corrected chi connectivity index (χ4v) is 2.38. The minimum Gasteiger partial charge on any atom is -0.301 e. The molecule has 1 aliphatic heterocycles. The molecule has 1 aromatic rings. The first-order valence-corrected chi connectivity index (χ1v) is 6.61. The van der Waals surface area contributed by atoms with E-state index < -0.39 is 0 Å². The van der Waals surface area contributed by atoms with Crippen molar-refractivity contribution in [3.05, 3.63) is 34.3 Å². The highest BCUT2D eigenvalue weighted by Crippen LogP contribution is 2.14. The van der Waals surface area contributed by atoms with Crippen LogP contribution in [0, 0.1) is 0 Å². The van der Waals surface area contributed by atoms with Crippen LogP contribution in [0.25, 0.3) is 0 Å². The second-order valence-corrected chi connectivity index (χ2v) is 5.61. The topological polar surface area (TPSA) is 6.48 Å². The second-order valence-electron chi connectivity index (χ2n) is 4.69. The third kappa shape index (κ3) is 3.06. The molecule has 2 nitrogen and oxygen atoms in total. The standard InChI is InChI=1S/C13H19BrN2/c1-11-9-16(8-7-15(11)2)10-12-3-5-13(14)6-4-12/h3-6,11H,7-10H2,1-2H3. The van der Waals surface area contributed by atoms with Gasteiger partial charge < -0.3 is 4.90 Å². The van der Waals surface area contributed by atoms with Crippen LogP contribution < -0.4 is 0 Å². The van der Waals surface area contributed by atoms with Gasteiger partial charge in [0.2, 0.25) is 0 Å². The van der Waals surface area contributed by atoms with Gasteiger partial charge in [-0.3, -0.25) is 4.90 Å². The summed E-state index contributed by atoms with van der Waals surface area (Å²) in [6.07, 6.45) is 0. The molecule has 1 unspecified atom stereocenters. The molecular formula is C13H19BrN2. The van der Waals surface area contributed by atoms with Crippen LogP contribution in [0.3, 0.4) is 0 Å². The van der Waals surface area contributed by atoms with E-state index in [0.717, 1.165) is 11.0 Å². The molecule has 1 aliphatic rings. The van der Waals surface area contributed by atoms with E-state index in [-0.39, 0.29) is 0 Å². The maximum absolute atomic E-state index is 3.47. The van der Waals surface area contributed by atoms with Crippen molar-refractivity contribution in [3.63, 3.8) is 0 Å². The zero-order valence-corrected chi connectivity index (χ0v) is 11.6. The molecule has 1 atom stereocenters. The highest BCUT2D eigenvalue weighted by molar-refractivity contribution is 9.10. The van der Waals surface area contributed by atoms with E-state index in [9.17, 15) is 0 Å². The Bertz CT molecular complexity index is 336. The van der Waals surface area contributed by atoms with Gasteiger partial charge in [-0.2, -0.15) is 0 Å². The summed E-state index contributed by atoms with van der Waals surface area (Å²) in [6, 6.07) is 9.31. The average Bonchev–Trinajstić information content (AvgIpc) is 2.27. The van der Waals surface area contributed by atoms with Gasteiger partial charge in [0.25, 0.3) is 0 Å². The molecule has 88 valence electrons. The van der Waals surface area contributed by atoms with Crippen molar-refractivity contribution >= 4 is 15.9 Å². The van der Waals surface area contributed by atoms with Gasteiger partial charge in [-0.1, -0.05) is 28.1 Å². The van der Waals surface area contributed by atoms with Crippen LogP contribution in [-0.2, 0) is 6.54 Å². The van der Waals surface area contributed by atoms with E-state index in [1.165, 1.54) is 25.2 Å². The SMILES string of the molecule is CC1CN(Cc2ccc(Br)cc2)CCN1C. The predicted molar refractivity (Wildman–Crippen MR) is 71.5 cm³/mol. The predicted octanol–water partition coefficient (Wildman–Crippen LogP) is 2.59. The summed E-state index contributed by atoms with van der Waals surface area (Å²) in [5.41, 5.74) is 1.40. The molecule has 0 spiro atoms. The number of hydrogen-bond acceptors (Lipinski definition) is 2. The summed E-state index contributed by atoms with van der Waals surface area (Å²) in [5.74, 6) is 0. The van der Waals surface area contributed by atoms with Crippen molar-refractivity contribution in [1.82, 2.24) is 9.80 Å². The summed E-state index contributed by atoms with van der Waals surface area (Å²) in [7, 11) is 2.21. The van der Waals surface area contributed by atoms with Crippen molar-refractivity contribution < 1.29 is 0 Å². The van der Waals surface area contributed by atoms with E-state index in [4.69, 9.17) is 0 Å². The first kappa shape index (κ1) is 12.1. The monoisotopic (exact) mass is 282 g/mol. The number of rotatable bonds is 2. The molecule has 1 heterocycles.